The molecule has 6 heteroatoms. The van der Waals surface area contributed by atoms with E-state index in [2.05, 4.69) is 36.9 Å². The topological polar surface area (TPSA) is 51.2 Å². The predicted molar refractivity (Wildman–Crippen MR) is 120 cm³/mol. The fourth-order valence-corrected chi connectivity index (χ4v) is 4.14. The van der Waals surface area contributed by atoms with E-state index in [9.17, 15) is 4.79 Å². The summed E-state index contributed by atoms with van der Waals surface area (Å²) in [6, 6.07) is 12.3. The molecule has 0 spiro atoms. The molecule has 0 aliphatic carbocycles. The molecule has 4 rings (SSSR count). The van der Waals surface area contributed by atoms with E-state index in [1.807, 2.05) is 36.9 Å². The van der Waals surface area contributed by atoms with Crippen molar-refractivity contribution in [1.29, 1.82) is 0 Å². The third kappa shape index (κ3) is 4.96. The number of amides is 1. The van der Waals surface area contributed by atoms with Gasteiger partial charge in [0.25, 0.3) is 5.91 Å². The standard InChI is InChI=1S/C25H32N2O4/c1-17(2)21-7-5-18(3)13-23(21)31-19(4)25(28)27-11-9-26(10-12-27)15-20-6-8-22-24(14-20)30-16-29-22/h5-8,13-14,17,19H,9-12,15-16H2,1-4H3/t19-/m0/s1. The van der Waals surface area contributed by atoms with Crippen molar-refractivity contribution in [2.24, 2.45) is 0 Å². The molecule has 0 unspecified atom stereocenters. The maximum absolute atomic E-state index is 13.0. The number of hydrogen-bond acceptors (Lipinski definition) is 5. The Balaban J connectivity index is 1.31. The summed E-state index contributed by atoms with van der Waals surface area (Å²) in [6.07, 6.45) is -0.500. The Morgan fingerprint density at radius 3 is 2.48 bits per heavy atom. The smallest absolute Gasteiger partial charge is 0.263 e. The summed E-state index contributed by atoms with van der Waals surface area (Å²) in [6.45, 7) is 12.4. The molecule has 2 aromatic carbocycles. The lowest BCUT2D eigenvalue weighted by molar-refractivity contribution is -0.139. The van der Waals surface area contributed by atoms with Crippen molar-refractivity contribution < 1.29 is 19.0 Å². The van der Waals surface area contributed by atoms with Crippen molar-refractivity contribution in [3.8, 4) is 17.2 Å². The molecule has 1 atom stereocenters. The summed E-state index contributed by atoms with van der Waals surface area (Å²) in [5.74, 6) is 2.84. The van der Waals surface area contributed by atoms with Crippen LogP contribution in [0, 0.1) is 6.92 Å². The van der Waals surface area contributed by atoms with Crippen LogP contribution in [0.1, 0.15) is 43.4 Å². The van der Waals surface area contributed by atoms with Crippen LogP contribution >= 0.6 is 0 Å². The molecule has 2 aliphatic rings. The van der Waals surface area contributed by atoms with E-state index in [0.717, 1.165) is 48.0 Å². The first-order valence-corrected chi connectivity index (χ1v) is 11.1. The van der Waals surface area contributed by atoms with Crippen LogP contribution in [0.5, 0.6) is 17.2 Å². The number of hydrogen-bond donors (Lipinski definition) is 0. The molecule has 1 fully saturated rings. The van der Waals surface area contributed by atoms with Gasteiger partial charge in [0.05, 0.1) is 0 Å². The zero-order chi connectivity index (χ0) is 22.0. The number of piperazine rings is 1. The average Bonchev–Trinajstić information content (AvgIpc) is 3.21. The second-order valence-corrected chi connectivity index (χ2v) is 8.75. The Labute approximate surface area is 184 Å². The second-order valence-electron chi connectivity index (χ2n) is 8.75. The Morgan fingerprint density at radius 1 is 1.00 bits per heavy atom. The maximum atomic E-state index is 13.0. The van der Waals surface area contributed by atoms with E-state index >= 15 is 0 Å². The van der Waals surface area contributed by atoms with E-state index in [4.69, 9.17) is 14.2 Å². The highest BCUT2D eigenvalue weighted by Crippen LogP contribution is 2.33. The monoisotopic (exact) mass is 424 g/mol. The highest BCUT2D eigenvalue weighted by Gasteiger charge is 2.27. The third-order valence-corrected chi connectivity index (χ3v) is 5.97. The molecular weight excluding hydrogens is 392 g/mol. The molecule has 2 aromatic rings. The van der Waals surface area contributed by atoms with Crippen LogP contribution in [0.15, 0.2) is 36.4 Å². The van der Waals surface area contributed by atoms with Gasteiger partial charge in [0.1, 0.15) is 5.75 Å². The molecule has 0 bridgehead atoms. The average molecular weight is 425 g/mol. The van der Waals surface area contributed by atoms with Gasteiger partial charge >= 0.3 is 0 Å². The zero-order valence-corrected chi connectivity index (χ0v) is 18.9. The Hall–Kier alpha value is -2.73. The van der Waals surface area contributed by atoms with Crippen LogP contribution < -0.4 is 14.2 Å². The fraction of sp³-hybridized carbons (Fsp3) is 0.480. The van der Waals surface area contributed by atoms with Gasteiger partial charge in [0.15, 0.2) is 17.6 Å². The molecule has 0 saturated carbocycles. The highest BCUT2D eigenvalue weighted by molar-refractivity contribution is 5.81. The number of carbonyl (C=O) groups is 1. The van der Waals surface area contributed by atoms with Crippen LogP contribution in [-0.2, 0) is 11.3 Å². The van der Waals surface area contributed by atoms with Crippen molar-refractivity contribution in [3.05, 3.63) is 53.1 Å². The molecular formula is C25H32N2O4. The predicted octanol–water partition coefficient (Wildman–Crippen LogP) is 3.96. The minimum Gasteiger partial charge on any atom is -0.481 e. The largest absolute Gasteiger partial charge is 0.481 e. The fourth-order valence-electron chi connectivity index (χ4n) is 4.14. The van der Waals surface area contributed by atoms with Crippen LogP contribution in [0.25, 0.3) is 0 Å². The summed E-state index contributed by atoms with van der Waals surface area (Å²) in [5.41, 5.74) is 3.47. The van der Waals surface area contributed by atoms with E-state index in [1.54, 1.807) is 0 Å². The van der Waals surface area contributed by atoms with Gasteiger partial charge in [-0.25, -0.2) is 0 Å². The van der Waals surface area contributed by atoms with Gasteiger partial charge in [-0.05, 0) is 54.7 Å². The number of rotatable bonds is 6. The highest BCUT2D eigenvalue weighted by atomic mass is 16.7. The van der Waals surface area contributed by atoms with Crippen molar-refractivity contribution >= 4 is 5.91 Å². The molecule has 166 valence electrons. The summed E-state index contributed by atoms with van der Waals surface area (Å²) in [4.78, 5) is 17.3. The van der Waals surface area contributed by atoms with Gasteiger partial charge in [-0.3, -0.25) is 9.69 Å². The molecule has 2 heterocycles. The van der Waals surface area contributed by atoms with Gasteiger partial charge in [0.2, 0.25) is 6.79 Å². The van der Waals surface area contributed by atoms with Gasteiger partial charge in [0, 0.05) is 32.7 Å². The quantitative estimate of drug-likeness (QED) is 0.703. The lowest BCUT2D eigenvalue weighted by atomic mass is 10.0. The lowest BCUT2D eigenvalue weighted by Crippen LogP contribution is -2.51. The molecule has 1 amide bonds. The van der Waals surface area contributed by atoms with Crippen LogP contribution in [0.2, 0.25) is 0 Å². The van der Waals surface area contributed by atoms with Gasteiger partial charge < -0.3 is 19.1 Å². The minimum atomic E-state index is -0.500. The number of fused-ring (bicyclic) bond motifs is 1. The van der Waals surface area contributed by atoms with Gasteiger partial charge in [-0.1, -0.05) is 32.0 Å². The SMILES string of the molecule is Cc1ccc(C(C)C)c(O[C@@H](C)C(=O)N2CCN(Cc3ccc4c(c3)OCO4)CC2)c1. The maximum Gasteiger partial charge on any atom is 0.263 e. The van der Waals surface area contributed by atoms with Crippen molar-refractivity contribution in [3.63, 3.8) is 0 Å². The summed E-state index contributed by atoms with van der Waals surface area (Å²) < 4.78 is 17.0. The molecule has 6 nitrogen and oxygen atoms in total. The third-order valence-electron chi connectivity index (χ3n) is 5.97. The van der Waals surface area contributed by atoms with Crippen molar-refractivity contribution in [2.75, 3.05) is 33.0 Å². The van der Waals surface area contributed by atoms with Crippen molar-refractivity contribution in [2.45, 2.75) is 46.3 Å². The number of aryl methyl sites for hydroxylation is 1. The minimum absolute atomic E-state index is 0.0546. The van der Waals surface area contributed by atoms with Gasteiger partial charge in [-0.15, -0.1) is 0 Å². The number of ether oxygens (including phenoxy) is 3. The molecule has 0 N–H and O–H groups in total. The van der Waals surface area contributed by atoms with E-state index in [1.165, 1.54) is 5.56 Å². The Morgan fingerprint density at radius 2 is 1.74 bits per heavy atom. The summed E-state index contributed by atoms with van der Waals surface area (Å²) >= 11 is 0. The zero-order valence-electron chi connectivity index (χ0n) is 18.9. The van der Waals surface area contributed by atoms with Gasteiger partial charge in [-0.2, -0.15) is 0 Å². The first-order chi connectivity index (χ1) is 14.9. The number of benzene rings is 2. The second kappa shape index (κ2) is 9.18. The molecule has 0 aromatic heterocycles. The van der Waals surface area contributed by atoms with E-state index in [-0.39, 0.29) is 5.91 Å². The first kappa shape index (κ1) is 21.5. The molecule has 2 aliphatic heterocycles. The molecule has 31 heavy (non-hydrogen) atoms. The molecule has 1 saturated heterocycles. The summed E-state index contributed by atoms with van der Waals surface area (Å²) in [7, 11) is 0. The number of carbonyl (C=O) groups excluding carboxylic acids is 1. The van der Waals surface area contributed by atoms with Crippen LogP contribution in [0.3, 0.4) is 0 Å². The van der Waals surface area contributed by atoms with E-state index < -0.39 is 6.10 Å². The van der Waals surface area contributed by atoms with Crippen molar-refractivity contribution in [1.82, 2.24) is 9.80 Å². The van der Waals surface area contributed by atoms with Crippen LogP contribution in [0.4, 0.5) is 0 Å². The Bertz CT molecular complexity index is 935. The molecule has 0 radical (unpaired) electrons. The lowest BCUT2D eigenvalue weighted by Gasteiger charge is -2.36. The van der Waals surface area contributed by atoms with Crippen LogP contribution in [-0.4, -0.2) is 54.8 Å². The van der Waals surface area contributed by atoms with E-state index in [0.29, 0.717) is 25.8 Å². The Kier molecular flexibility index (Phi) is 6.37. The summed E-state index contributed by atoms with van der Waals surface area (Å²) in [5, 5.41) is 0. The normalized spacial score (nSPS) is 17.1. The number of nitrogens with zero attached hydrogens (tertiary/aromatic N) is 2. The first-order valence-electron chi connectivity index (χ1n) is 11.1.